The minimum Gasteiger partial charge on any atom is -0.475 e. The summed E-state index contributed by atoms with van der Waals surface area (Å²) in [5.41, 5.74) is 2.98. The summed E-state index contributed by atoms with van der Waals surface area (Å²) in [5, 5.41) is 21.2. The van der Waals surface area contributed by atoms with Crippen LogP contribution in [0.15, 0.2) is 30.6 Å². The molecule has 0 aliphatic carbocycles. The van der Waals surface area contributed by atoms with Gasteiger partial charge in [-0.3, -0.25) is 0 Å². The van der Waals surface area contributed by atoms with Gasteiger partial charge in [0.2, 0.25) is 5.88 Å². The summed E-state index contributed by atoms with van der Waals surface area (Å²) in [5.74, 6) is 2.35. The molecule has 0 amide bonds. The second-order valence-corrected chi connectivity index (χ2v) is 13.8. The Balaban J connectivity index is 0.837. The highest BCUT2D eigenvalue weighted by atomic mass is 16.6. The van der Waals surface area contributed by atoms with Crippen molar-refractivity contribution >= 4 is 17.3 Å². The summed E-state index contributed by atoms with van der Waals surface area (Å²) >= 11 is 0. The number of aromatic nitrogens is 4. The smallest absolute Gasteiger partial charge is 0.213 e. The van der Waals surface area contributed by atoms with Crippen LogP contribution in [0.25, 0.3) is 5.65 Å². The van der Waals surface area contributed by atoms with Crippen LogP contribution in [0.4, 0.5) is 11.6 Å². The number of aryl methyl sites for hydroxylation is 1. The number of hydrogen-bond donors (Lipinski definition) is 3. The molecule has 2 aliphatic heterocycles. The zero-order valence-electron chi connectivity index (χ0n) is 33.4. The average Bonchev–Trinajstić information content (AvgIpc) is 3.66. The van der Waals surface area contributed by atoms with Crippen molar-refractivity contribution in [2.45, 2.75) is 70.6 Å². The van der Waals surface area contributed by atoms with Crippen molar-refractivity contribution in [2.75, 3.05) is 129 Å². The number of fused-ring (bicyclic) bond motifs is 1. The van der Waals surface area contributed by atoms with Gasteiger partial charge >= 0.3 is 0 Å². The summed E-state index contributed by atoms with van der Waals surface area (Å²) < 4.78 is 46.8. The second kappa shape index (κ2) is 26.7. The molecule has 56 heavy (non-hydrogen) atoms. The Labute approximate surface area is 331 Å². The number of nitrogens with one attached hydrogen (secondary N) is 2. The summed E-state index contributed by atoms with van der Waals surface area (Å²) in [6.07, 6.45) is 11.2. The highest BCUT2D eigenvalue weighted by molar-refractivity contribution is 5.61. The van der Waals surface area contributed by atoms with E-state index in [-0.39, 0.29) is 12.6 Å². The first kappa shape index (κ1) is 43.9. The molecule has 3 aromatic rings. The third kappa shape index (κ3) is 15.6. The average molecular weight is 788 g/mol. The van der Waals surface area contributed by atoms with E-state index in [0.29, 0.717) is 111 Å². The van der Waals surface area contributed by atoms with Gasteiger partial charge in [-0.15, -0.1) is 0 Å². The number of hydrogen-bond acceptors (Lipinski definition) is 15. The molecule has 0 aromatic carbocycles. The maximum absolute atomic E-state index is 9.66. The quantitative estimate of drug-likeness (QED) is 0.0843. The van der Waals surface area contributed by atoms with Gasteiger partial charge in [-0.2, -0.15) is 9.61 Å². The lowest BCUT2D eigenvalue weighted by molar-refractivity contribution is -0.0308. The molecule has 0 unspecified atom stereocenters. The van der Waals surface area contributed by atoms with E-state index in [9.17, 15) is 5.11 Å². The van der Waals surface area contributed by atoms with E-state index in [1.807, 2.05) is 29.0 Å². The van der Waals surface area contributed by atoms with E-state index in [1.54, 1.807) is 0 Å². The molecule has 3 aromatic heterocycles. The van der Waals surface area contributed by atoms with E-state index in [0.717, 1.165) is 86.6 Å². The fraction of sp³-hybridized carbons (Fsp3) is 0.725. The maximum atomic E-state index is 9.66. The predicted octanol–water partition coefficient (Wildman–Crippen LogP) is 3.29. The third-order valence-electron chi connectivity index (χ3n) is 9.77. The standard InChI is InChI=1S/C40H65N7O9/c1-2-34-32-44-47-37(29-38(45-40(34)47)46-13-4-3-5-35(46)10-14-48)42-30-33-6-7-39(43-31-33)56-28-26-54-24-22-52-20-18-50-16-15-49-17-19-51-21-23-53-25-27-55-36-8-11-41-12-9-36/h6-7,29,31-32,35-36,41-42,48H,2-5,8-28,30H2,1H3/t35-/m0/s1. The molecule has 16 heteroatoms. The lowest BCUT2D eigenvalue weighted by Crippen LogP contribution is -2.40. The highest BCUT2D eigenvalue weighted by Gasteiger charge is 2.25. The molecular weight excluding hydrogens is 722 g/mol. The van der Waals surface area contributed by atoms with Gasteiger partial charge in [-0.1, -0.05) is 13.0 Å². The van der Waals surface area contributed by atoms with Crippen LogP contribution in [0, 0.1) is 0 Å². The molecule has 2 saturated heterocycles. The molecule has 5 rings (SSSR count). The highest BCUT2D eigenvalue weighted by Crippen LogP contribution is 2.29. The van der Waals surface area contributed by atoms with Crippen LogP contribution in [-0.2, 0) is 46.1 Å². The summed E-state index contributed by atoms with van der Waals surface area (Å²) in [6.45, 7) is 13.1. The van der Waals surface area contributed by atoms with E-state index < -0.39 is 0 Å². The number of pyridine rings is 1. The Morgan fingerprint density at radius 1 is 0.786 bits per heavy atom. The van der Waals surface area contributed by atoms with Gasteiger partial charge in [0.25, 0.3) is 0 Å². The van der Waals surface area contributed by atoms with Crippen LogP contribution in [0.5, 0.6) is 5.88 Å². The number of nitrogens with zero attached hydrogens (tertiary/aromatic N) is 5. The Morgan fingerprint density at radius 3 is 2.04 bits per heavy atom. The maximum Gasteiger partial charge on any atom is 0.213 e. The molecule has 0 spiro atoms. The zero-order chi connectivity index (χ0) is 38.9. The van der Waals surface area contributed by atoms with Crippen LogP contribution in [0.2, 0.25) is 0 Å². The van der Waals surface area contributed by atoms with Gasteiger partial charge in [0.1, 0.15) is 18.2 Å². The lowest BCUT2D eigenvalue weighted by atomic mass is 9.99. The Hall–Kier alpha value is -3.19. The van der Waals surface area contributed by atoms with Gasteiger partial charge in [-0.05, 0) is 63.6 Å². The first-order valence-electron chi connectivity index (χ1n) is 20.6. The first-order chi connectivity index (χ1) is 27.7. The van der Waals surface area contributed by atoms with Crippen LogP contribution in [0.1, 0.15) is 56.6 Å². The third-order valence-corrected chi connectivity index (χ3v) is 9.77. The SMILES string of the molecule is CCc1cnn2c(NCc3ccc(OCCOCCOCCOCCOCCOCCOCCOC4CCNCC4)nc3)cc(N3CCCC[C@H]3CCO)nc12. The molecular formula is C40H65N7O9. The number of aliphatic hydroxyl groups excluding tert-OH is 1. The van der Waals surface area contributed by atoms with Crippen LogP contribution in [0.3, 0.4) is 0 Å². The summed E-state index contributed by atoms with van der Waals surface area (Å²) in [6, 6.07) is 6.23. The van der Waals surface area contributed by atoms with E-state index in [4.69, 9.17) is 42.9 Å². The number of piperidine rings is 2. The number of aliphatic hydroxyl groups is 1. The normalized spacial score (nSPS) is 16.5. The van der Waals surface area contributed by atoms with Crippen molar-refractivity contribution in [2.24, 2.45) is 0 Å². The fourth-order valence-electron chi connectivity index (χ4n) is 6.71. The van der Waals surface area contributed by atoms with Crippen LogP contribution < -0.4 is 20.3 Å². The molecule has 2 aliphatic rings. The van der Waals surface area contributed by atoms with Gasteiger partial charge < -0.3 is 58.5 Å². The van der Waals surface area contributed by atoms with Gasteiger partial charge in [0, 0.05) is 49.6 Å². The van der Waals surface area contributed by atoms with Crippen molar-refractivity contribution in [1.82, 2.24) is 24.9 Å². The largest absolute Gasteiger partial charge is 0.475 e. The van der Waals surface area contributed by atoms with Gasteiger partial charge in [-0.25, -0.2) is 9.97 Å². The number of rotatable bonds is 30. The van der Waals surface area contributed by atoms with E-state index in [1.165, 1.54) is 6.42 Å². The molecule has 1 atom stereocenters. The van der Waals surface area contributed by atoms with Gasteiger partial charge in [0.05, 0.1) is 98.2 Å². The first-order valence-corrected chi connectivity index (χ1v) is 20.6. The molecule has 0 bridgehead atoms. The Bertz CT molecular complexity index is 1460. The van der Waals surface area contributed by atoms with Crippen LogP contribution >= 0.6 is 0 Å². The molecule has 0 radical (unpaired) electrons. The van der Waals surface area contributed by atoms with Crippen molar-refractivity contribution < 1.29 is 43.0 Å². The van der Waals surface area contributed by atoms with Gasteiger partial charge in [0.15, 0.2) is 5.65 Å². The number of ether oxygens (including phenoxy) is 8. The monoisotopic (exact) mass is 787 g/mol. The zero-order valence-corrected chi connectivity index (χ0v) is 33.4. The summed E-state index contributed by atoms with van der Waals surface area (Å²) in [7, 11) is 0. The minimum absolute atomic E-state index is 0.177. The molecule has 2 fully saturated rings. The summed E-state index contributed by atoms with van der Waals surface area (Å²) in [4.78, 5) is 11.9. The molecule has 16 nitrogen and oxygen atoms in total. The predicted molar refractivity (Wildman–Crippen MR) is 213 cm³/mol. The molecule has 5 heterocycles. The van der Waals surface area contributed by atoms with Crippen molar-refractivity contribution in [3.8, 4) is 5.88 Å². The molecule has 314 valence electrons. The Morgan fingerprint density at radius 2 is 1.43 bits per heavy atom. The lowest BCUT2D eigenvalue weighted by Gasteiger charge is -2.36. The van der Waals surface area contributed by atoms with E-state index in [2.05, 4.69) is 38.6 Å². The van der Waals surface area contributed by atoms with Crippen molar-refractivity contribution in [1.29, 1.82) is 0 Å². The molecule has 0 saturated carbocycles. The van der Waals surface area contributed by atoms with E-state index >= 15 is 0 Å². The van der Waals surface area contributed by atoms with Crippen molar-refractivity contribution in [3.05, 3.63) is 41.7 Å². The van der Waals surface area contributed by atoms with Crippen LogP contribution in [-0.4, -0.2) is 156 Å². The molecule has 3 N–H and O–H groups in total. The Kier molecular flexibility index (Phi) is 20.9. The number of anilines is 2. The minimum atomic E-state index is 0.177. The van der Waals surface area contributed by atoms with Crippen molar-refractivity contribution in [3.63, 3.8) is 0 Å². The second-order valence-electron chi connectivity index (χ2n) is 13.8. The topological polar surface area (TPSA) is 164 Å². The fourth-order valence-corrected chi connectivity index (χ4v) is 6.71.